The number of carbonyl (C=O) groups excluding carboxylic acids is 3. The maximum atomic E-state index is 14.4. The molecule has 3 aromatic carbocycles. The molecule has 0 fully saturated rings. The van der Waals surface area contributed by atoms with E-state index in [4.69, 9.17) is 9.47 Å². The van der Waals surface area contributed by atoms with Gasteiger partial charge in [-0.1, -0.05) is 73.7 Å². The summed E-state index contributed by atoms with van der Waals surface area (Å²) in [6, 6.07) is 19.0. The first-order chi connectivity index (χ1) is 21.1. The zero-order valence-electron chi connectivity index (χ0n) is 24.2. The van der Waals surface area contributed by atoms with E-state index in [1.54, 1.807) is 43.3 Å². The third kappa shape index (κ3) is 7.08. The van der Waals surface area contributed by atoms with Crippen molar-refractivity contribution >= 4 is 17.7 Å². The average Bonchev–Trinajstić information content (AvgIpc) is 3.14. The molecule has 0 bridgehead atoms. The number of ketones is 1. The number of benzene rings is 3. The number of ether oxygens (including phenoxy) is 2. The molecule has 1 amide bonds. The minimum absolute atomic E-state index is 0.131. The zero-order chi connectivity index (χ0) is 31.9. The predicted octanol–water partition coefficient (Wildman–Crippen LogP) is 5.22. The lowest BCUT2D eigenvalue weighted by molar-refractivity contribution is -0.137. The summed E-state index contributed by atoms with van der Waals surface area (Å²) >= 11 is 0. The number of halogens is 3. The van der Waals surface area contributed by atoms with E-state index < -0.39 is 70.0 Å². The van der Waals surface area contributed by atoms with Crippen LogP contribution in [0, 0.1) is 23.4 Å². The largest absolute Gasteiger partial charge is 0.482 e. The van der Waals surface area contributed by atoms with Gasteiger partial charge < -0.3 is 20.1 Å². The first-order valence-corrected chi connectivity index (χ1v) is 13.7. The minimum Gasteiger partial charge on any atom is -0.482 e. The number of hydrogen-bond acceptors (Lipinski definition) is 6. The molecule has 2 atom stereocenters. The molecule has 0 saturated heterocycles. The summed E-state index contributed by atoms with van der Waals surface area (Å²) in [7, 11) is 1.14. The maximum Gasteiger partial charge on any atom is 0.358 e. The topological polar surface area (TPSA) is 93.7 Å². The highest BCUT2D eigenvalue weighted by atomic mass is 19.1. The Morgan fingerprint density at radius 1 is 1.00 bits per heavy atom. The highest BCUT2D eigenvalue weighted by Crippen LogP contribution is 2.33. The van der Waals surface area contributed by atoms with Crippen LogP contribution >= 0.6 is 0 Å². The van der Waals surface area contributed by atoms with E-state index in [0.29, 0.717) is 17.7 Å². The van der Waals surface area contributed by atoms with Crippen LogP contribution in [0.2, 0.25) is 0 Å². The van der Waals surface area contributed by atoms with Gasteiger partial charge in [-0.3, -0.25) is 9.59 Å². The molecule has 1 aliphatic heterocycles. The van der Waals surface area contributed by atoms with Crippen molar-refractivity contribution in [2.75, 3.05) is 7.11 Å². The number of allylic oxidation sites excluding steroid dienone is 1. The summed E-state index contributed by atoms with van der Waals surface area (Å²) in [5.41, 5.74) is -1.20. The lowest BCUT2D eigenvalue weighted by Gasteiger charge is -2.37. The van der Waals surface area contributed by atoms with Gasteiger partial charge in [-0.05, 0) is 23.6 Å². The molecule has 1 heterocycles. The second kappa shape index (κ2) is 13.9. The summed E-state index contributed by atoms with van der Waals surface area (Å²) in [6.07, 6.45) is 3.16. The molecule has 0 spiro atoms. The van der Waals surface area contributed by atoms with Gasteiger partial charge >= 0.3 is 5.97 Å². The van der Waals surface area contributed by atoms with Crippen molar-refractivity contribution < 1.29 is 37.0 Å². The number of amides is 1. The highest BCUT2D eigenvalue weighted by molar-refractivity contribution is 6.26. The number of methoxy groups -OCH3 is 1. The lowest BCUT2D eigenvalue weighted by atomic mass is 9.78. The fourth-order valence-electron chi connectivity index (χ4n) is 4.82. The van der Waals surface area contributed by atoms with E-state index in [9.17, 15) is 27.6 Å². The van der Waals surface area contributed by atoms with Gasteiger partial charge in [0.25, 0.3) is 5.91 Å². The van der Waals surface area contributed by atoms with Crippen LogP contribution in [0.4, 0.5) is 13.2 Å². The normalized spacial score (nSPS) is 17.1. The van der Waals surface area contributed by atoms with Crippen molar-refractivity contribution in [3.8, 4) is 0 Å². The average molecular weight is 605 g/mol. The first-order valence-electron chi connectivity index (χ1n) is 13.7. The van der Waals surface area contributed by atoms with Gasteiger partial charge in [0.05, 0.1) is 18.2 Å². The van der Waals surface area contributed by atoms with Gasteiger partial charge in [0.1, 0.15) is 24.1 Å². The van der Waals surface area contributed by atoms with Crippen molar-refractivity contribution in [2.45, 2.75) is 32.0 Å². The monoisotopic (exact) mass is 604 g/mol. The summed E-state index contributed by atoms with van der Waals surface area (Å²) in [6.45, 7) is 4.86. The number of hydrogen-bond donors (Lipinski definition) is 2. The summed E-state index contributed by atoms with van der Waals surface area (Å²) in [5.74, 6) is -7.38. The molecule has 44 heavy (non-hydrogen) atoms. The van der Waals surface area contributed by atoms with Crippen LogP contribution in [0.5, 0.6) is 0 Å². The van der Waals surface area contributed by atoms with Gasteiger partial charge in [0.2, 0.25) is 5.78 Å². The van der Waals surface area contributed by atoms with Crippen LogP contribution < -0.4 is 10.6 Å². The summed E-state index contributed by atoms with van der Waals surface area (Å²) < 4.78 is 53.1. The number of nitrogens with one attached hydrogen (secondary N) is 2. The maximum absolute atomic E-state index is 14.4. The highest BCUT2D eigenvalue weighted by Gasteiger charge is 2.43. The smallest absolute Gasteiger partial charge is 0.358 e. The third-order valence-electron chi connectivity index (χ3n) is 7.33. The molecule has 0 aliphatic carbocycles. The fourth-order valence-corrected chi connectivity index (χ4v) is 4.82. The molecule has 228 valence electrons. The summed E-state index contributed by atoms with van der Waals surface area (Å²) in [4.78, 5) is 41.0. The number of esters is 1. The van der Waals surface area contributed by atoms with E-state index in [2.05, 4.69) is 17.2 Å². The van der Waals surface area contributed by atoms with E-state index in [0.717, 1.165) is 12.7 Å². The zero-order valence-corrected chi connectivity index (χ0v) is 24.2. The van der Waals surface area contributed by atoms with Crippen molar-refractivity contribution in [3.05, 3.63) is 143 Å². The van der Waals surface area contributed by atoms with Crippen LogP contribution in [0.15, 0.2) is 109 Å². The van der Waals surface area contributed by atoms with Gasteiger partial charge in [-0.25, -0.2) is 18.0 Å². The van der Waals surface area contributed by atoms with Crippen LogP contribution in [-0.4, -0.2) is 30.3 Å². The van der Waals surface area contributed by atoms with Crippen LogP contribution in [-0.2, 0) is 43.4 Å². The third-order valence-corrected chi connectivity index (χ3v) is 7.33. The molecule has 2 N–H and O–H groups in total. The lowest BCUT2D eigenvalue weighted by Crippen LogP contribution is -2.51. The van der Waals surface area contributed by atoms with Crippen LogP contribution in [0.3, 0.4) is 0 Å². The Balaban J connectivity index is 1.84. The Kier molecular flexibility index (Phi) is 10.0. The van der Waals surface area contributed by atoms with Gasteiger partial charge in [-0.15, -0.1) is 6.58 Å². The Hall–Kier alpha value is -5.12. The van der Waals surface area contributed by atoms with Crippen molar-refractivity contribution in [3.63, 3.8) is 0 Å². The van der Waals surface area contributed by atoms with Crippen LogP contribution in [0.25, 0.3) is 0 Å². The molecular weight excluding hydrogens is 573 g/mol. The SMILES string of the molecule is C=CC(C)C1(Cc2ccccc2)C=C(C(=O)NCc2c(F)cc(F)cc2F)C(=O)C(OCc2ccccc2)=C(C(=O)OC)N1. The van der Waals surface area contributed by atoms with E-state index >= 15 is 0 Å². The molecule has 0 saturated carbocycles. The van der Waals surface area contributed by atoms with Crippen molar-refractivity contribution in [1.29, 1.82) is 0 Å². The number of rotatable bonds is 11. The standard InChI is InChI=1S/C34H31F3N2O5/c1-4-21(2)34(17-22-11-7-5-8-12-22)18-25(32(41)38-19-26-27(36)15-24(35)16-28(26)37)30(40)31(29(39-34)33(42)43-3)44-20-23-13-9-6-10-14-23/h4-16,18,21,39H,1,17,19-20H2,2-3H3,(H,38,41). The molecule has 0 radical (unpaired) electrons. The van der Waals surface area contributed by atoms with Gasteiger partial charge in [0.15, 0.2) is 11.5 Å². The molecule has 1 aliphatic rings. The summed E-state index contributed by atoms with van der Waals surface area (Å²) in [5, 5.41) is 5.51. The van der Waals surface area contributed by atoms with Crippen LogP contribution in [0.1, 0.15) is 23.6 Å². The van der Waals surface area contributed by atoms with Crippen molar-refractivity contribution in [1.82, 2.24) is 10.6 Å². The van der Waals surface area contributed by atoms with E-state index in [-0.39, 0.29) is 18.7 Å². The molecule has 0 aromatic heterocycles. The van der Waals surface area contributed by atoms with E-state index in [1.807, 2.05) is 30.3 Å². The predicted molar refractivity (Wildman–Crippen MR) is 157 cm³/mol. The van der Waals surface area contributed by atoms with E-state index in [1.165, 1.54) is 6.08 Å². The number of Topliss-reactive ketones (excluding diaryl/α,β-unsaturated/α-hetero) is 1. The molecule has 2 unspecified atom stereocenters. The van der Waals surface area contributed by atoms with Gasteiger partial charge in [0, 0.05) is 30.2 Å². The second-order valence-corrected chi connectivity index (χ2v) is 10.2. The molecule has 10 heteroatoms. The first kappa shape index (κ1) is 31.8. The quantitative estimate of drug-likeness (QED) is 0.177. The molecule has 3 aromatic rings. The Labute approximate surface area is 253 Å². The Bertz CT molecular complexity index is 1600. The molecular formula is C34H31F3N2O5. The Morgan fingerprint density at radius 3 is 2.16 bits per heavy atom. The molecule has 4 rings (SSSR count). The second-order valence-electron chi connectivity index (χ2n) is 10.2. The van der Waals surface area contributed by atoms with Gasteiger partial charge in [-0.2, -0.15) is 0 Å². The van der Waals surface area contributed by atoms with Crippen molar-refractivity contribution in [2.24, 2.45) is 5.92 Å². The number of carbonyl (C=O) groups is 3. The minimum atomic E-state index is -1.31. The Morgan fingerprint density at radius 2 is 1.59 bits per heavy atom. The molecule has 7 nitrogen and oxygen atoms in total. The fraction of sp³-hybridized carbons (Fsp3) is 0.206.